The Hall–Kier alpha value is -1.28. The van der Waals surface area contributed by atoms with Crippen molar-refractivity contribution in [2.24, 2.45) is 5.92 Å². The van der Waals surface area contributed by atoms with Crippen LogP contribution in [-0.4, -0.2) is 17.8 Å². The molecule has 0 saturated heterocycles. The molecular formula is C12H14O2. The van der Waals surface area contributed by atoms with Gasteiger partial charge in [-0.05, 0) is 12.1 Å². The van der Waals surface area contributed by atoms with Crippen LogP contribution in [0.2, 0.25) is 0 Å². The highest BCUT2D eigenvalue weighted by Gasteiger charge is 2.19. The Morgan fingerprint density at radius 2 is 2.21 bits per heavy atom. The fourth-order valence-electron chi connectivity index (χ4n) is 1.52. The molecule has 2 nitrogen and oxygen atoms in total. The van der Waals surface area contributed by atoms with Crippen molar-refractivity contribution >= 4 is 6.08 Å². The highest BCUT2D eigenvalue weighted by molar-refractivity contribution is 5.59. The summed E-state index contributed by atoms with van der Waals surface area (Å²) in [5.74, 6) is 1.04. The standard InChI is InChI=1S/C12H14O2/c1-9(8-13)11-7-6-10-4-2-3-5-12(10)14-11/h2-7,9,11,13H,8H2,1H3. The van der Waals surface area contributed by atoms with Crippen LogP contribution in [0.15, 0.2) is 30.3 Å². The molecule has 0 spiro atoms. The third kappa shape index (κ3) is 1.66. The predicted octanol–water partition coefficient (Wildman–Crippen LogP) is 2.09. The Balaban J connectivity index is 2.21. The van der Waals surface area contributed by atoms with E-state index in [0.29, 0.717) is 0 Å². The molecule has 2 heteroatoms. The zero-order valence-electron chi connectivity index (χ0n) is 8.18. The van der Waals surface area contributed by atoms with E-state index in [4.69, 9.17) is 9.84 Å². The lowest BCUT2D eigenvalue weighted by Crippen LogP contribution is -2.27. The monoisotopic (exact) mass is 190 g/mol. The Bertz CT molecular complexity index is 344. The molecule has 0 radical (unpaired) electrons. The third-order valence-corrected chi connectivity index (χ3v) is 2.50. The van der Waals surface area contributed by atoms with Gasteiger partial charge in [-0.2, -0.15) is 0 Å². The maximum Gasteiger partial charge on any atom is 0.127 e. The second kappa shape index (κ2) is 3.84. The number of aliphatic hydroxyl groups excluding tert-OH is 1. The van der Waals surface area contributed by atoms with Crippen molar-refractivity contribution in [2.45, 2.75) is 13.0 Å². The number of fused-ring (bicyclic) bond motifs is 1. The van der Waals surface area contributed by atoms with E-state index in [9.17, 15) is 0 Å². The topological polar surface area (TPSA) is 29.5 Å². The van der Waals surface area contributed by atoms with Gasteiger partial charge in [0.1, 0.15) is 11.9 Å². The number of aliphatic hydroxyl groups is 1. The molecule has 1 aliphatic heterocycles. The normalized spacial score (nSPS) is 21.1. The first-order valence-electron chi connectivity index (χ1n) is 4.86. The Labute approximate surface area is 83.8 Å². The molecule has 1 aliphatic rings. The number of hydrogen-bond donors (Lipinski definition) is 1. The summed E-state index contributed by atoms with van der Waals surface area (Å²) in [5.41, 5.74) is 1.11. The molecular weight excluding hydrogens is 176 g/mol. The summed E-state index contributed by atoms with van der Waals surface area (Å²) in [7, 11) is 0. The number of ether oxygens (including phenoxy) is 1. The maximum atomic E-state index is 9.02. The molecule has 1 heterocycles. The molecule has 1 aromatic rings. The third-order valence-electron chi connectivity index (χ3n) is 2.50. The average Bonchev–Trinajstić information content (AvgIpc) is 2.27. The molecule has 14 heavy (non-hydrogen) atoms. The van der Waals surface area contributed by atoms with Crippen LogP contribution in [0.4, 0.5) is 0 Å². The summed E-state index contributed by atoms with van der Waals surface area (Å²) in [6.07, 6.45) is 4.05. The first-order valence-corrected chi connectivity index (χ1v) is 4.86. The molecule has 2 unspecified atom stereocenters. The number of rotatable bonds is 2. The predicted molar refractivity (Wildman–Crippen MR) is 56.1 cm³/mol. The van der Waals surface area contributed by atoms with Gasteiger partial charge in [0.25, 0.3) is 0 Å². The van der Waals surface area contributed by atoms with E-state index in [1.807, 2.05) is 37.3 Å². The van der Waals surface area contributed by atoms with Crippen molar-refractivity contribution in [1.29, 1.82) is 0 Å². The van der Waals surface area contributed by atoms with Crippen LogP contribution in [0.1, 0.15) is 12.5 Å². The van der Waals surface area contributed by atoms with Gasteiger partial charge in [0.05, 0.1) is 0 Å². The summed E-state index contributed by atoms with van der Waals surface area (Å²) < 4.78 is 5.74. The summed E-state index contributed by atoms with van der Waals surface area (Å²) >= 11 is 0. The molecule has 0 saturated carbocycles. The lowest BCUT2D eigenvalue weighted by Gasteiger charge is -2.25. The van der Waals surface area contributed by atoms with E-state index < -0.39 is 0 Å². The second-order valence-electron chi connectivity index (χ2n) is 3.64. The SMILES string of the molecule is CC(CO)C1C=Cc2ccccc2O1. The highest BCUT2D eigenvalue weighted by atomic mass is 16.5. The van der Waals surface area contributed by atoms with Crippen molar-refractivity contribution < 1.29 is 9.84 Å². The van der Waals surface area contributed by atoms with Crippen molar-refractivity contribution in [3.05, 3.63) is 35.9 Å². The van der Waals surface area contributed by atoms with E-state index in [2.05, 4.69) is 6.08 Å². The van der Waals surface area contributed by atoms with Gasteiger partial charge in [-0.3, -0.25) is 0 Å². The van der Waals surface area contributed by atoms with Crippen LogP contribution in [0.5, 0.6) is 5.75 Å². The smallest absolute Gasteiger partial charge is 0.127 e. The first kappa shape index (κ1) is 9.28. The summed E-state index contributed by atoms with van der Waals surface area (Å²) in [6, 6.07) is 7.92. The molecule has 2 atom stereocenters. The zero-order valence-corrected chi connectivity index (χ0v) is 8.18. The summed E-state index contributed by atoms with van der Waals surface area (Å²) in [6.45, 7) is 2.13. The molecule has 0 aliphatic carbocycles. The van der Waals surface area contributed by atoms with Gasteiger partial charge < -0.3 is 9.84 Å². The first-order chi connectivity index (χ1) is 6.81. The van der Waals surface area contributed by atoms with Crippen LogP contribution in [0.3, 0.4) is 0 Å². The number of hydrogen-bond acceptors (Lipinski definition) is 2. The zero-order chi connectivity index (χ0) is 9.97. The largest absolute Gasteiger partial charge is 0.485 e. The lowest BCUT2D eigenvalue weighted by molar-refractivity contribution is 0.127. The van der Waals surface area contributed by atoms with E-state index in [1.54, 1.807) is 0 Å². The molecule has 1 aromatic carbocycles. The molecule has 74 valence electrons. The van der Waals surface area contributed by atoms with Crippen LogP contribution >= 0.6 is 0 Å². The van der Waals surface area contributed by atoms with Gasteiger partial charge in [-0.25, -0.2) is 0 Å². The van der Waals surface area contributed by atoms with Crippen molar-refractivity contribution in [1.82, 2.24) is 0 Å². The van der Waals surface area contributed by atoms with Crippen molar-refractivity contribution in [3.8, 4) is 5.75 Å². The van der Waals surface area contributed by atoms with Crippen molar-refractivity contribution in [3.63, 3.8) is 0 Å². The van der Waals surface area contributed by atoms with Crippen LogP contribution in [0.25, 0.3) is 6.08 Å². The maximum absolute atomic E-state index is 9.02. The van der Waals surface area contributed by atoms with E-state index >= 15 is 0 Å². The Morgan fingerprint density at radius 1 is 1.43 bits per heavy atom. The molecule has 0 bridgehead atoms. The highest BCUT2D eigenvalue weighted by Crippen LogP contribution is 2.27. The fraction of sp³-hybridized carbons (Fsp3) is 0.333. The van der Waals surface area contributed by atoms with Gasteiger partial charge in [-0.1, -0.05) is 31.2 Å². The van der Waals surface area contributed by atoms with Gasteiger partial charge in [0, 0.05) is 18.1 Å². The lowest BCUT2D eigenvalue weighted by atomic mass is 10.0. The minimum absolute atomic E-state index is 0.00472. The van der Waals surface area contributed by atoms with Gasteiger partial charge in [0.15, 0.2) is 0 Å². The van der Waals surface area contributed by atoms with Crippen molar-refractivity contribution in [2.75, 3.05) is 6.61 Å². The summed E-state index contributed by atoms with van der Waals surface area (Å²) in [5, 5.41) is 9.02. The molecule has 0 amide bonds. The van der Waals surface area contributed by atoms with E-state index in [-0.39, 0.29) is 18.6 Å². The van der Waals surface area contributed by atoms with Gasteiger partial charge >= 0.3 is 0 Å². The fourth-order valence-corrected chi connectivity index (χ4v) is 1.52. The van der Waals surface area contributed by atoms with E-state index in [1.165, 1.54) is 0 Å². The number of para-hydroxylation sites is 1. The molecule has 2 rings (SSSR count). The number of benzene rings is 1. The average molecular weight is 190 g/mol. The molecule has 1 N–H and O–H groups in total. The second-order valence-corrected chi connectivity index (χ2v) is 3.64. The Morgan fingerprint density at radius 3 is 3.00 bits per heavy atom. The van der Waals surface area contributed by atoms with Crippen LogP contribution in [-0.2, 0) is 0 Å². The van der Waals surface area contributed by atoms with Crippen LogP contribution < -0.4 is 4.74 Å². The Kier molecular flexibility index (Phi) is 2.55. The minimum Gasteiger partial charge on any atom is -0.485 e. The molecule has 0 aromatic heterocycles. The quantitative estimate of drug-likeness (QED) is 0.773. The van der Waals surface area contributed by atoms with Gasteiger partial charge in [-0.15, -0.1) is 0 Å². The van der Waals surface area contributed by atoms with Gasteiger partial charge in [0.2, 0.25) is 0 Å². The minimum atomic E-state index is -0.00472. The molecule has 0 fully saturated rings. The van der Waals surface area contributed by atoms with Crippen LogP contribution in [0, 0.1) is 5.92 Å². The summed E-state index contributed by atoms with van der Waals surface area (Å²) in [4.78, 5) is 0. The van der Waals surface area contributed by atoms with E-state index in [0.717, 1.165) is 11.3 Å².